The van der Waals surface area contributed by atoms with Crippen LogP contribution in [0.15, 0.2) is 24.3 Å². The van der Waals surface area contributed by atoms with Gasteiger partial charge in [0.1, 0.15) is 0 Å². The van der Waals surface area contributed by atoms with Crippen LogP contribution in [0.25, 0.3) is 0 Å². The fraction of sp³-hybridized carbons (Fsp3) is 0.588. The van der Waals surface area contributed by atoms with Crippen LogP contribution in [0, 0.1) is 5.41 Å². The minimum atomic E-state index is -0.379. The molecule has 22 heavy (non-hydrogen) atoms. The smallest absolute Gasteiger partial charge is 0.225 e. The van der Waals surface area contributed by atoms with Crippen molar-refractivity contribution in [1.82, 2.24) is 10.2 Å². The minimum Gasteiger partial charge on any atom is -0.379 e. The fourth-order valence-corrected chi connectivity index (χ4v) is 2.61. The molecular weight excluding hydrogens is 300 g/mol. The van der Waals surface area contributed by atoms with E-state index in [1.807, 2.05) is 45.0 Å². The fourth-order valence-electron chi connectivity index (χ4n) is 2.49. The predicted molar refractivity (Wildman–Crippen MR) is 89.0 cm³/mol. The van der Waals surface area contributed by atoms with Gasteiger partial charge >= 0.3 is 0 Å². The number of morpholine rings is 1. The van der Waals surface area contributed by atoms with Crippen LogP contribution < -0.4 is 5.32 Å². The number of benzene rings is 1. The average molecular weight is 325 g/mol. The number of ether oxygens (including phenoxy) is 1. The molecule has 5 heteroatoms. The summed E-state index contributed by atoms with van der Waals surface area (Å²) < 4.78 is 5.43. The summed E-state index contributed by atoms with van der Waals surface area (Å²) in [5.41, 5.74) is 0.788. The van der Waals surface area contributed by atoms with E-state index in [0.717, 1.165) is 31.3 Å². The number of rotatable bonds is 4. The van der Waals surface area contributed by atoms with Crippen LogP contribution in [0.5, 0.6) is 0 Å². The van der Waals surface area contributed by atoms with Crippen LogP contribution in [0.2, 0.25) is 5.02 Å². The van der Waals surface area contributed by atoms with Crippen LogP contribution in [0.1, 0.15) is 32.4 Å². The van der Waals surface area contributed by atoms with Crippen LogP contribution >= 0.6 is 11.6 Å². The Morgan fingerprint density at radius 2 is 1.86 bits per heavy atom. The largest absolute Gasteiger partial charge is 0.379 e. The quantitative estimate of drug-likeness (QED) is 0.926. The van der Waals surface area contributed by atoms with E-state index < -0.39 is 0 Å². The first-order valence-electron chi connectivity index (χ1n) is 7.73. The number of carbonyl (C=O) groups is 1. The highest BCUT2D eigenvalue weighted by molar-refractivity contribution is 6.30. The van der Waals surface area contributed by atoms with Crippen LogP contribution in [0.3, 0.4) is 0 Å². The van der Waals surface area contributed by atoms with Gasteiger partial charge in [0, 0.05) is 30.1 Å². The number of carbonyl (C=O) groups excluding carboxylic acids is 1. The molecule has 1 aliphatic heterocycles. The van der Waals surface area contributed by atoms with E-state index in [1.54, 1.807) is 0 Å². The predicted octanol–water partition coefficient (Wildman–Crippen LogP) is 2.88. The normalized spacial score (nSPS) is 18.0. The van der Waals surface area contributed by atoms with E-state index in [0.29, 0.717) is 6.54 Å². The summed E-state index contributed by atoms with van der Waals surface area (Å²) in [5, 5.41) is 3.80. The lowest BCUT2D eigenvalue weighted by atomic mass is 9.95. The topological polar surface area (TPSA) is 41.6 Å². The van der Waals surface area contributed by atoms with Crippen LogP contribution in [-0.4, -0.2) is 43.7 Å². The third-order valence-electron chi connectivity index (χ3n) is 3.88. The number of halogens is 1. The van der Waals surface area contributed by atoms with E-state index in [9.17, 15) is 4.79 Å². The van der Waals surface area contributed by atoms with Gasteiger partial charge in [0.15, 0.2) is 0 Å². The first kappa shape index (κ1) is 17.3. The Balaban J connectivity index is 2.11. The van der Waals surface area contributed by atoms with Crippen molar-refractivity contribution in [2.75, 3.05) is 32.8 Å². The molecular formula is C17H25ClN2O2. The number of hydrogen-bond donors (Lipinski definition) is 1. The van der Waals surface area contributed by atoms with Crippen molar-refractivity contribution >= 4 is 17.5 Å². The molecule has 1 unspecified atom stereocenters. The maximum Gasteiger partial charge on any atom is 0.225 e. The molecule has 1 aromatic rings. The lowest BCUT2D eigenvalue weighted by Gasteiger charge is -2.35. The number of nitrogens with zero attached hydrogens (tertiary/aromatic N) is 1. The monoisotopic (exact) mass is 324 g/mol. The van der Waals surface area contributed by atoms with Crippen molar-refractivity contribution in [3.8, 4) is 0 Å². The van der Waals surface area contributed by atoms with Crippen molar-refractivity contribution in [3.63, 3.8) is 0 Å². The van der Waals surface area contributed by atoms with Gasteiger partial charge in [0.05, 0.1) is 19.3 Å². The van der Waals surface area contributed by atoms with Gasteiger partial charge < -0.3 is 10.1 Å². The van der Waals surface area contributed by atoms with Crippen molar-refractivity contribution in [1.29, 1.82) is 0 Å². The Morgan fingerprint density at radius 3 is 2.41 bits per heavy atom. The Bertz CT molecular complexity index is 490. The first-order chi connectivity index (χ1) is 10.4. The lowest BCUT2D eigenvalue weighted by molar-refractivity contribution is -0.128. The summed E-state index contributed by atoms with van der Waals surface area (Å²) in [6.45, 7) is 9.58. The minimum absolute atomic E-state index is 0.0692. The van der Waals surface area contributed by atoms with Gasteiger partial charge in [-0.3, -0.25) is 9.69 Å². The number of hydrogen-bond acceptors (Lipinski definition) is 3. The van der Waals surface area contributed by atoms with Gasteiger partial charge in [-0.05, 0) is 17.7 Å². The second kappa shape index (κ2) is 7.44. The van der Waals surface area contributed by atoms with Crippen LogP contribution in [-0.2, 0) is 9.53 Å². The third-order valence-corrected chi connectivity index (χ3v) is 4.13. The molecule has 2 rings (SSSR count). The highest BCUT2D eigenvalue weighted by atomic mass is 35.5. The molecule has 0 spiro atoms. The van der Waals surface area contributed by atoms with Crippen molar-refractivity contribution in [3.05, 3.63) is 34.9 Å². The zero-order chi connectivity index (χ0) is 16.2. The standard InChI is InChI=1S/C17H25ClN2O2/c1-17(2,3)16(21)19-12-15(20-8-10-22-11-9-20)13-4-6-14(18)7-5-13/h4-7,15H,8-12H2,1-3H3,(H,19,21). The third kappa shape index (κ3) is 4.70. The molecule has 0 saturated carbocycles. The van der Waals surface area contributed by atoms with E-state index >= 15 is 0 Å². The SMILES string of the molecule is CC(C)(C)C(=O)NCC(c1ccc(Cl)cc1)N1CCOCC1. The molecule has 1 heterocycles. The summed E-state index contributed by atoms with van der Waals surface area (Å²) in [5.74, 6) is 0.0692. The van der Waals surface area contributed by atoms with Gasteiger partial charge in [-0.15, -0.1) is 0 Å². The van der Waals surface area contributed by atoms with Gasteiger partial charge in [-0.1, -0.05) is 44.5 Å². The lowest BCUT2D eigenvalue weighted by Crippen LogP contribution is -2.45. The Kier molecular flexibility index (Phi) is 5.84. The maximum absolute atomic E-state index is 12.2. The molecule has 1 atom stereocenters. The van der Waals surface area contributed by atoms with E-state index in [4.69, 9.17) is 16.3 Å². The number of amides is 1. The summed E-state index contributed by atoms with van der Waals surface area (Å²) in [6, 6.07) is 8.01. The van der Waals surface area contributed by atoms with Gasteiger partial charge in [0.25, 0.3) is 0 Å². The summed E-state index contributed by atoms with van der Waals surface area (Å²) >= 11 is 5.99. The highest BCUT2D eigenvalue weighted by Crippen LogP contribution is 2.23. The molecule has 1 saturated heterocycles. The molecule has 1 amide bonds. The summed E-state index contributed by atoms with van der Waals surface area (Å²) in [6.07, 6.45) is 0. The molecule has 0 aliphatic carbocycles. The molecule has 122 valence electrons. The van der Waals surface area contributed by atoms with Crippen LogP contribution in [0.4, 0.5) is 0 Å². The zero-order valence-electron chi connectivity index (χ0n) is 13.6. The second-order valence-electron chi connectivity index (χ2n) is 6.68. The summed E-state index contributed by atoms with van der Waals surface area (Å²) in [7, 11) is 0. The molecule has 0 bridgehead atoms. The molecule has 0 radical (unpaired) electrons. The molecule has 1 aliphatic rings. The molecule has 1 fully saturated rings. The van der Waals surface area contributed by atoms with Gasteiger partial charge in [0.2, 0.25) is 5.91 Å². The highest BCUT2D eigenvalue weighted by Gasteiger charge is 2.26. The van der Waals surface area contributed by atoms with E-state index in [2.05, 4.69) is 10.2 Å². The van der Waals surface area contributed by atoms with Gasteiger partial charge in [-0.2, -0.15) is 0 Å². The van der Waals surface area contributed by atoms with E-state index in [1.165, 1.54) is 5.56 Å². The Hall–Kier alpha value is -1.10. The molecule has 4 nitrogen and oxygen atoms in total. The number of nitrogens with one attached hydrogen (secondary N) is 1. The Morgan fingerprint density at radius 1 is 1.27 bits per heavy atom. The van der Waals surface area contributed by atoms with Gasteiger partial charge in [-0.25, -0.2) is 0 Å². The second-order valence-corrected chi connectivity index (χ2v) is 7.11. The van der Waals surface area contributed by atoms with E-state index in [-0.39, 0.29) is 17.4 Å². The van der Waals surface area contributed by atoms with Crippen molar-refractivity contribution in [2.24, 2.45) is 5.41 Å². The Labute approximate surface area is 137 Å². The summed E-state index contributed by atoms with van der Waals surface area (Å²) in [4.78, 5) is 14.5. The van der Waals surface area contributed by atoms with Crippen molar-refractivity contribution < 1.29 is 9.53 Å². The molecule has 0 aromatic heterocycles. The molecule has 1 aromatic carbocycles. The maximum atomic E-state index is 12.2. The average Bonchev–Trinajstić information content (AvgIpc) is 2.49. The molecule has 1 N–H and O–H groups in total. The zero-order valence-corrected chi connectivity index (χ0v) is 14.3. The van der Waals surface area contributed by atoms with Crippen molar-refractivity contribution in [2.45, 2.75) is 26.8 Å². The first-order valence-corrected chi connectivity index (χ1v) is 8.11.